The molecule has 4 aliphatic rings. The minimum absolute atomic E-state index is 0.312. The molecule has 0 aromatic heterocycles. The van der Waals surface area contributed by atoms with E-state index in [0.29, 0.717) is 36.4 Å². The van der Waals surface area contributed by atoms with Crippen LogP contribution >= 0.6 is 0 Å². The number of carbonyl (C=O) groups excluding carboxylic acids is 1. The van der Waals surface area contributed by atoms with Gasteiger partial charge in [-0.15, -0.1) is 0 Å². The van der Waals surface area contributed by atoms with Gasteiger partial charge in [-0.05, 0) is 44.5 Å². The largest absolute Gasteiger partial charge is 0.493 e. The first-order chi connectivity index (χ1) is 12.1. The Morgan fingerprint density at radius 3 is 3.13 bits per heavy atom. The Bertz CT molecular complexity index is 861. The highest BCUT2D eigenvalue weighted by Crippen LogP contribution is 2.64. The average molecular weight is 318 g/mol. The summed E-state index contributed by atoms with van der Waals surface area (Å²) in [6.07, 6.45) is -3.98. The summed E-state index contributed by atoms with van der Waals surface area (Å²) in [6, 6.07) is 3.29. The zero-order chi connectivity index (χ0) is 18.7. The molecule has 1 saturated heterocycles. The number of likely N-dealkylation sites (N-methyl/N-ethyl adjacent to an activating group) is 1. The minimum atomic E-state index is -2.33. The monoisotopic (exact) mass is 318 g/mol. The van der Waals surface area contributed by atoms with Gasteiger partial charge in [0.2, 0.25) is 0 Å². The fourth-order valence-corrected chi connectivity index (χ4v) is 5.16. The number of ether oxygens (including phenoxy) is 2. The molecule has 5 heteroatoms. The second-order valence-corrected chi connectivity index (χ2v) is 7.03. The predicted octanol–water partition coefficient (Wildman–Crippen LogP) is 1.05. The van der Waals surface area contributed by atoms with Crippen molar-refractivity contribution >= 4 is 5.78 Å². The number of hydrogen-bond acceptors (Lipinski definition) is 5. The Hall–Kier alpha value is -1.59. The number of aliphatic hydroxyl groups is 1. The van der Waals surface area contributed by atoms with E-state index < -0.39 is 29.3 Å². The van der Waals surface area contributed by atoms with Crippen LogP contribution in [0, 0.1) is 0 Å². The van der Waals surface area contributed by atoms with Gasteiger partial charge in [0, 0.05) is 20.7 Å². The summed E-state index contributed by atoms with van der Waals surface area (Å²) in [5, 5.41) is 11.9. The molecule has 4 atom stereocenters. The van der Waals surface area contributed by atoms with E-state index in [-0.39, 0.29) is 12.5 Å². The molecule has 1 N–H and O–H groups in total. The molecule has 2 fully saturated rings. The maximum Gasteiger partial charge on any atom is 0.174 e. The lowest BCUT2D eigenvalue weighted by atomic mass is 9.49. The Kier molecular flexibility index (Phi) is 1.96. The summed E-state index contributed by atoms with van der Waals surface area (Å²) in [6.45, 7) is 0.601. The molecule has 2 aliphatic carbocycles. The van der Waals surface area contributed by atoms with Crippen LogP contribution in [0.5, 0.6) is 11.5 Å². The summed E-state index contributed by atoms with van der Waals surface area (Å²) in [5.74, 6) is -0.191. The Morgan fingerprint density at radius 1 is 1.52 bits per heavy atom. The third-order valence-corrected chi connectivity index (χ3v) is 6.25. The van der Waals surface area contributed by atoms with Crippen molar-refractivity contribution in [2.45, 2.75) is 48.8 Å². The van der Waals surface area contributed by atoms with Gasteiger partial charge < -0.3 is 19.5 Å². The van der Waals surface area contributed by atoms with Crippen molar-refractivity contribution in [2.75, 3.05) is 20.7 Å². The quantitative estimate of drug-likeness (QED) is 0.839. The molecule has 0 amide bonds. The summed E-state index contributed by atoms with van der Waals surface area (Å²) in [5.41, 5.74) is -1.24. The van der Waals surface area contributed by atoms with Gasteiger partial charge in [-0.3, -0.25) is 4.79 Å². The van der Waals surface area contributed by atoms with E-state index in [9.17, 15) is 9.90 Å². The number of piperidine rings is 1. The van der Waals surface area contributed by atoms with Crippen LogP contribution in [0.4, 0.5) is 0 Å². The fourth-order valence-electron chi connectivity index (χ4n) is 5.16. The Morgan fingerprint density at radius 2 is 2.35 bits per heavy atom. The third-order valence-electron chi connectivity index (χ3n) is 6.25. The molecular formula is C18H21NO4. The zero-order valence-electron chi connectivity index (χ0n) is 16.2. The van der Waals surface area contributed by atoms with Crippen molar-refractivity contribution in [3.63, 3.8) is 0 Å². The molecule has 1 aromatic rings. The lowest BCUT2D eigenvalue weighted by Gasteiger charge is -2.62. The van der Waals surface area contributed by atoms with E-state index in [1.165, 1.54) is 7.11 Å². The molecular weight excluding hydrogens is 294 g/mol. The van der Waals surface area contributed by atoms with E-state index in [2.05, 4.69) is 0 Å². The molecule has 5 nitrogen and oxygen atoms in total. The van der Waals surface area contributed by atoms with Crippen LogP contribution in [0.25, 0.3) is 0 Å². The first-order valence-corrected chi connectivity index (χ1v) is 7.99. The van der Waals surface area contributed by atoms with E-state index in [0.717, 1.165) is 5.56 Å². The number of Topliss-reactive ketones (excluding diaryl/α,β-unsaturated/α-hetero) is 1. The highest BCUT2D eigenvalue weighted by molar-refractivity contribution is 5.90. The standard InChI is InChI=1S/C18H21NO4/c1-19-8-7-17-14-10-3-4-12(22-2)15(14)23-16(17)11(20)5-6-18(17,21)13(19)9-10/h3-4,13,16,21H,5-9H2,1-2H3/t13-,16?,17+,18-/m1/s1/i5D2,16D. The predicted molar refractivity (Wildman–Crippen MR) is 83.0 cm³/mol. The molecule has 1 saturated carbocycles. The highest BCUT2D eigenvalue weighted by Gasteiger charge is 2.72. The molecule has 1 spiro atoms. The average Bonchev–Trinajstić information content (AvgIpc) is 2.84. The van der Waals surface area contributed by atoms with E-state index in [4.69, 9.17) is 13.6 Å². The minimum Gasteiger partial charge on any atom is -0.493 e. The number of benzene rings is 1. The first-order valence-electron chi connectivity index (χ1n) is 9.49. The van der Waals surface area contributed by atoms with Crippen LogP contribution in [-0.2, 0) is 16.6 Å². The van der Waals surface area contributed by atoms with Crippen LogP contribution < -0.4 is 9.47 Å². The maximum atomic E-state index is 13.1. The number of ketones is 1. The topological polar surface area (TPSA) is 59.0 Å². The number of likely N-dealkylation sites (tertiary alicyclic amines) is 1. The van der Waals surface area contributed by atoms with Crippen molar-refractivity contribution in [3.05, 3.63) is 23.3 Å². The van der Waals surface area contributed by atoms with Crippen LogP contribution in [0.15, 0.2) is 12.1 Å². The first kappa shape index (κ1) is 11.0. The van der Waals surface area contributed by atoms with Crippen LogP contribution in [0.2, 0.25) is 0 Å². The SMILES string of the molecule is [2H]C1([2H])C[C@@]2(O)[C@H]3Cc4ccc(OC)c5c4[C@@]2(CCN3C)C([2H])(O5)C1=O. The lowest BCUT2D eigenvalue weighted by Crippen LogP contribution is -2.76. The van der Waals surface area contributed by atoms with Crippen molar-refractivity contribution in [3.8, 4) is 11.5 Å². The van der Waals surface area contributed by atoms with Crippen LogP contribution in [0.3, 0.4) is 0 Å². The van der Waals surface area contributed by atoms with Gasteiger partial charge in [0.15, 0.2) is 23.4 Å². The van der Waals surface area contributed by atoms with Crippen LogP contribution in [-0.4, -0.2) is 54.2 Å². The molecule has 0 radical (unpaired) electrons. The second-order valence-electron chi connectivity index (χ2n) is 7.03. The van der Waals surface area contributed by atoms with Gasteiger partial charge in [0.25, 0.3) is 0 Å². The molecule has 2 bridgehead atoms. The third kappa shape index (κ3) is 1.32. The Balaban J connectivity index is 1.91. The lowest BCUT2D eigenvalue weighted by molar-refractivity contribution is -0.185. The van der Waals surface area contributed by atoms with Gasteiger partial charge in [-0.1, -0.05) is 6.07 Å². The van der Waals surface area contributed by atoms with Crippen LogP contribution in [0.1, 0.15) is 34.5 Å². The van der Waals surface area contributed by atoms with Gasteiger partial charge in [-0.25, -0.2) is 0 Å². The molecule has 5 rings (SSSR count). The molecule has 1 unspecified atom stereocenters. The molecule has 2 heterocycles. The maximum absolute atomic E-state index is 13.1. The van der Waals surface area contributed by atoms with Gasteiger partial charge >= 0.3 is 0 Å². The zero-order valence-corrected chi connectivity index (χ0v) is 13.2. The molecule has 2 aliphatic heterocycles. The number of rotatable bonds is 1. The highest BCUT2D eigenvalue weighted by atomic mass is 16.5. The van der Waals surface area contributed by atoms with Gasteiger partial charge in [0.1, 0.15) is 0 Å². The summed E-state index contributed by atoms with van der Waals surface area (Å²) in [7, 11) is 3.39. The number of carbonyl (C=O) groups is 1. The van der Waals surface area contributed by atoms with E-state index in [1.807, 2.05) is 18.0 Å². The van der Waals surface area contributed by atoms with Crippen molar-refractivity contribution in [1.29, 1.82) is 0 Å². The van der Waals surface area contributed by atoms with E-state index in [1.54, 1.807) is 6.07 Å². The molecule has 23 heavy (non-hydrogen) atoms. The van der Waals surface area contributed by atoms with Crippen molar-refractivity contribution in [2.24, 2.45) is 0 Å². The molecule has 1 aromatic carbocycles. The summed E-state index contributed by atoms with van der Waals surface area (Å²) < 4.78 is 36.8. The Labute approximate surface area is 139 Å². The summed E-state index contributed by atoms with van der Waals surface area (Å²) >= 11 is 0. The number of methoxy groups -OCH3 is 1. The van der Waals surface area contributed by atoms with Gasteiger partial charge in [-0.2, -0.15) is 0 Å². The second kappa shape index (κ2) is 4.08. The van der Waals surface area contributed by atoms with Crippen molar-refractivity contribution < 1.29 is 23.5 Å². The number of nitrogens with zero attached hydrogens (tertiary/aromatic N) is 1. The normalized spacial score (nSPS) is 47.9. The smallest absolute Gasteiger partial charge is 0.174 e. The van der Waals surface area contributed by atoms with Crippen molar-refractivity contribution in [1.82, 2.24) is 4.90 Å². The number of hydrogen-bond donors (Lipinski definition) is 1. The van der Waals surface area contributed by atoms with E-state index >= 15 is 0 Å². The molecule has 122 valence electrons. The fraction of sp³-hybridized carbons (Fsp3) is 0.611. The van der Waals surface area contributed by atoms with Gasteiger partial charge in [0.05, 0.1) is 19.5 Å². The summed E-state index contributed by atoms with van der Waals surface area (Å²) in [4.78, 5) is 15.1.